The van der Waals surface area contributed by atoms with Gasteiger partial charge in [0.1, 0.15) is 0 Å². The van der Waals surface area contributed by atoms with Gasteiger partial charge in [-0.25, -0.2) is 0 Å². The topological polar surface area (TPSA) is 58.2 Å². The molecule has 0 aromatic heterocycles. The van der Waals surface area contributed by atoms with Crippen molar-refractivity contribution in [3.05, 3.63) is 69.7 Å². The van der Waals surface area contributed by atoms with Crippen molar-refractivity contribution >= 4 is 34.8 Å². The minimum absolute atomic E-state index is 0.0311. The van der Waals surface area contributed by atoms with Crippen molar-refractivity contribution < 1.29 is 9.59 Å². The van der Waals surface area contributed by atoms with Crippen molar-refractivity contribution in [3.8, 4) is 0 Å². The van der Waals surface area contributed by atoms with Gasteiger partial charge in [-0.1, -0.05) is 47.5 Å². The maximum Gasteiger partial charge on any atom is 0.178 e. The molecule has 0 fully saturated rings. The van der Waals surface area contributed by atoms with E-state index in [1.807, 2.05) is 24.3 Å². The summed E-state index contributed by atoms with van der Waals surface area (Å²) < 4.78 is 0. The van der Waals surface area contributed by atoms with Crippen LogP contribution in [0.1, 0.15) is 61.3 Å². The molecule has 30 heavy (non-hydrogen) atoms. The van der Waals surface area contributed by atoms with E-state index in [1.165, 1.54) is 0 Å². The first-order valence-electron chi connectivity index (χ1n) is 10.1. The first-order valence-corrected chi connectivity index (χ1v) is 10.8. The van der Waals surface area contributed by atoms with Crippen LogP contribution in [0.25, 0.3) is 0 Å². The Morgan fingerprint density at radius 3 is 1.37 bits per heavy atom. The molecule has 0 spiro atoms. The Bertz CT molecular complexity index is 821. The summed E-state index contributed by atoms with van der Waals surface area (Å²) in [6.45, 7) is 8.70. The van der Waals surface area contributed by atoms with Crippen molar-refractivity contribution in [2.24, 2.45) is 0 Å². The van der Waals surface area contributed by atoms with Crippen LogP contribution >= 0.6 is 23.2 Å². The lowest BCUT2D eigenvalue weighted by Crippen LogP contribution is -2.47. The van der Waals surface area contributed by atoms with Gasteiger partial charge in [0.25, 0.3) is 0 Å². The van der Waals surface area contributed by atoms with E-state index in [4.69, 9.17) is 23.2 Å². The summed E-state index contributed by atoms with van der Waals surface area (Å²) in [5.74, 6) is -0.0622. The fourth-order valence-electron chi connectivity index (χ4n) is 3.01. The molecule has 0 aliphatic carbocycles. The van der Waals surface area contributed by atoms with E-state index >= 15 is 0 Å². The van der Waals surface area contributed by atoms with E-state index in [9.17, 15) is 9.59 Å². The number of halogens is 2. The second-order valence-electron chi connectivity index (χ2n) is 8.78. The number of benzene rings is 2. The van der Waals surface area contributed by atoms with Crippen molar-refractivity contribution in [2.75, 3.05) is 13.1 Å². The van der Waals surface area contributed by atoms with Gasteiger partial charge in [-0.15, -0.1) is 0 Å². The zero-order chi connectivity index (χ0) is 22.4. The number of ketones is 2. The molecule has 0 bridgehead atoms. The Morgan fingerprint density at radius 1 is 0.700 bits per heavy atom. The van der Waals surface area contributed by atoms with E-state index in [-0.39, 0.29) is 35.7 Å². The maximum atomic E-state index is 12.4. The lowest BCUT2D eigenvalue weighted by molar-refractivity contribution is 0.0964. The Morgan fingerprint density at radius 2 is 1.03 bits per heavy atom. The van der Waals surface area contributed by atoms with Gasteiger partial charge in [0.2, 0.25) is 0 Å². The highest BCUT2D eigenvalue weighted by Gasteiger charge is 2.25. The molecule has 2 N–H and O–H groups in total. The summed E-state index contributed by atoms with van der Waals surface area (Å²) in [6, 6.07) is 14.1. The number of carbonyl (C=O) groups is 2. The summed E-state index contributed by atoms with van der Waals surface area (Å²) in [7, 11) is 0. The molecule has 2 rings (SSSR count). The molecule has 162 valence electrons. The van der Waals surface area contributed by atoms with Crippen molar-refractivity contribution in [1.82, 2.24) is 10.6 Å². The minimum Gasteiger partial charge on any atom is -0.305 e. The quantitative estimate of drug-likeness (QED) is 0.440. The fourth-order valence-corrected chi connectivity index (χ4v) is 3.49. The molecule has 2 aromatic rings. The SMILES string of the molecule is CC(C)(CCC(C)(C)NCC(=O)c1ccccc1Cl)NCC(=O)c1ccccc1Cl. The third-order valence-corrected chi connectivity index (χ3v) is 5.84. The van der Waals surface area contributed by atoms with Crippen molar-refractivity contribution in [3.63, 3.8) is 0 Å². The summed E-state index contributed by atoms with van der Waals surface area (Å²) in [6.07, 6.45) is 1.65. The molecule has 0 radical (unpaired) electrons. The van der Waals surface area contributed by atoms with Gasteiger partial charge >= 0.3 is 0 Å². The molecule has 0 aliphatic rings. The van der Waals surface area contributed by atoms with Gasteiger partial charge in [-0.05, 0) is 64.8 Å². The number of carbonyl (C=O) groups excluding carboxylic acids is 2. The largest absolute Gasteiger partial charge is 0.305 e. The maximum absolute atomic E-state index is 12.4. The Labute approximate surface area is 189 Å². The van der Waals surface area contributed by atoms with E-state index in [0.29, 0.717) is 21.2 Å². The average molecular weight is 449 g/mol. The molecule has 0 unspecified atom stereocenters. The highest BCUT2D eigenvalue weighted by Crippen LogP contribution is 2.21. The van der Waals surface area contributed by atoms with Crippen LogP contribution in [-0.4, -0.2) is 35.7 Å². The highest BCUT2D eigenvalue weighted by molar-refractivity contribution is 6.34. The van der Waals surface area contributed by atoms with Gasteiger partial charge in [0.05, 0.1) is 23.1 Å². The third kappa shape index (κ3) is 7.51. The molecule has 0 amide bonds. The molecule has 2 aromatic carbocycles. The van der Waals surface area contributed by atoms with Crippen molar-refractivity contribution in [1.29, 1.82) is 0 Å². The van der Waals surface area contributed by atoms with Gasteiger partial charge in [0.15, 0.2) is 11.6 Å². The van der Waals surface area contributed by atoms with E-state index in [1.54, 1.807) is 24.3 Å². The Hall–Kier alpha value is -1.72. The summed E-state index contributed by atoms with van der Waals surface area (Å²) in [5, 5.41) is 7.61. The van der Waals surface area contributed by atoms with Crippen LogP contribution in [-0.2, 0) is 0 Å². The molecule has 0 saturated carbocycles. The molecule has 6 heteroatoms. The second-order valence-corrected chi connectivity index (χ2v) is 9.60. The second kappa shape index (κ2) is 10.5. The summed E-state index contributed by atoms with van der Waals surface area (Å²) in [4.78, 5) is 24.9. The van der Waals surface area contributed by atoms with Gasteiger partial charge in [-0.3, -0.25) is 9.59 Å². The van der Waals surface area contributed by atoms with Gasteiger partial charge in [0, 0.05) is 22.2 Å². The fraction of sp³-hybridized carbons (Fsp3) is 0.417. The highest BCUT2D eigenvalue weighted by atomic mass is 35.5. The standard InChI is InChI=1S/C24H30Cl2N2O2/c1-23(2,27-15-21(29)17-9-5-7-11-19(17)25)13-14-24(3,4)28-16-22(30)18-10-6-8-12-20(18)26/h5-12,27-28H,13-16H2,1-4H3. The number of Topliss-reactive ketones (excluding diaryl/α,β-unsaturated/α-hetero) is 2. The first-order chi connectivity index (χ1) is 14.0. The van der Waals surface area contributed by atoms with Crippen LogP contribution in [0.3, 0.4) is 0 Å². The van der Waals surface area contributed by atoms with Crippen LogP contribution in [0.5, 0.6) is 0 Å². The summed E-state index contributed by atoms with van der Waals surface area (Å²) >= 11 is 12.2. The Kier molecular flexibility index (Phi) is 8.62. The molecule has 0 aliphatic heterocycles. The number of rotatable bonds is 11. The van der Waals surface area contributed by atoms with E-state index in [2.05, 4.69) is 38.3 Å². The smallest absolute Gasteiger partial charge is 0.178 e. The lowest BCUT2D eigenvalue weighted by Gasteiger charge is -2.32. The van der Waals surface area contributed by atoms with Crippen LogP contribution < -0.4 is 10.6 Å². The third-order valence-electron chi connectivity index (χ3n) is 5.18. The van der Waals surface area contributed by atoms with E-state index < -0.39 is 0 Å². The molecule has 4 nitrogen and oxygen atoms in total. The van der Waals surface area contributed by atoms with Crippen molar-refractivity contribution in [2.45, 2.75) is 51.6 Å². The van der Waals surface area contributed by atoms with Crippen LogP contribution in [0, 0.1) is 0 Å². The normalized spacial score (nSPS) is 12.1. The molecular formula is C24H30Cl2N2O2. The van der Waals surface area contributed by atoms with Crippen LogP contribution in [0.15, 0.2) is 48.5 Å². The van der Waals surface area contributed by atoms with Crippen LogP contribution in [0.2, 0.25) is 10.0 Å². The first kappa shape index (κ1) is 24.5. The number of hydrogen-bond acceptors (Lipinski definition) is 4. The Balaban J connectivity index is 1.83. The minimum atomic E-state index is -0.247. The van der Waals surface area contributed by atoms with E-state index in [0.717, 1.165) is 12.8 Å². The van der Waals surface area contributed by atoms with Gasteiger partial charge in [-0.2, -0.15) is 0 Å². The molecule has 0 saturated heterocycles. The number of nitrogens with one attached hydrogen (secondary N) is 2. The van der Waals surface area contributed by atoms with Crippen LogP contribution in [0.4, 0.5) is 0 Å². The number of hydrogen-bond donors (Lipinski definition) is 2. The predicted octanol–water partition coefficient (Wildman–Crippen LogP) is 5.58. The lowest BCUT2D eigenvalue weighted by atomic mass is 9.89. The predicted molar refractivity (Wildman–Crippen MR) is 125 cm³/mol. The van der Waals surface area contributed by atoms with Gasteiger partial charge < -0.3 is 10.6 Å². The molecule has 0 atom stereocenters. The zero-order valence-electron chi connectivity index (χ0n) is 18.0. The molecular weight excluding hydrogens is 419 g/mol. The molecule has 0 heterocycles. The average Bonchev–Trinajstić information content (AvgIpc) is 2.70. The zero-order valence-corrected chi connectivity index (χ0v) is 19.5. The monoisotopic (exact) mass is 448 g/mol. The summed E-state index contributed by atoms with van der Waals surface area (Å²) in [5.41, 5.74) is 0.565.